The second-order valence-electron chi connectivity index (χ2n) is 7.56. The number of amides is 1. The van der Waals surface area contributed by atoms with E-state index in [0.29, 0.717) is 10.6 Å². The fourth-order valence-electron chi connectivity index (χ4n) is 4.36. The van der Waals surface area contributed by atoms with Gasteiger partial charge in [-0.05, 0) is 54.4 Å². The smallest absolute Gasteiger partial charge is 0.258 e. The van der Waals surface area contributed by atoms with Gasteiger partial charge in [-0.3, -0.25) is 4.79 Å². The van der Waals surface area contributed by atoms with Crippen LogP contribution in [0.4, 0.5) is 11.4 Å². The fourth-order valence-corrected chi connectivity index (χ4v) is 4.48. The van der Waals surface area contributed by atoms with Gasteiger partial charge < -0.3 is 10.2 Å². The predicted octanol–water partition coefficient (Wildman–Crippen LogP) is 6.57. The molecule has 0 spiro atoms. The number of carbonyl (C=O) groups is 1. The normalized spacial score (nSPS) is 20.8. The maximum atomic E-state index is 13.5. The molecule has 0 bridgehead atoms. The van der Waals surface area contributed by atoms with Gasteiger partial charge in [-0.2, -0.15) is 0 Å². The van der Waals surface area contributed by atoms with Crippen molar-refractivity contribution in [2.24, 2.45) is 5.92 Å². The number of hydrogen-bond acceptors (Lipinski definition) is 2. The molecule has 0 aromatic heterocycles. The van der Waals surface area contributed by atoms with E-state index < -0.39 is 0 Å². The van der Waals surface area contributed by atoms with Crippen LogP contribution in [-0.4, -0.2) is 11.9 Å². The summed E-state index contributed by atoms with van der Waals surface area (Å²) in [5.41, 5.74) is 3.87. The second-order valence-corrected chi connectivity index (χ2v) is 8.00. The number of anilines is 2. The Labute approximate surface area is 177 Å². The summed E-state index contributed by atoms with van der Waals surface area (Å²) < 4.78 is 0. The summed E-state index contributed by atoms with van der Waals surface area (Å²) in [6.07, 6.45) is 0.877. The Kier molecular flexibility index (Phi) is 5.59. The van der Waals surface area contributed by atoms with Crippen molar-refractivity contribution in [3.8, 4) is 0 Å². The van der Waals surface area contributed by atoms with Crippen LogP contribution in [0, 0.1) is 5.92 Å². The molecule has 2 unspecified atom stereocenters. The highest BCUT2D eigenvalue weighted by molar-refractivity contribution is 6.30. The zero-order valence-electron chi connectivity index (χ0n) is 16.7. The van der Waals surface area contributed by atoms with Crippen molar-refractivity contribution in [1.82, 2.24) is 0 Å². The molecule has 1 heterocycles. The zero-order chi connectivity index (χ0) is 20.4. The van der Waals surface area contributed by atoms with E-state index in [-0.39, 0.29) is 23.9 Å². The maximum Gasteiger partial charge on any atom is 0.258 e. The lowest BCUT2D eigenvalue weighted by Crippen LogP contribution is -2.50. The molecule has 4 heteroatoms. The van der Waals surface area contributed by atoms with Gasteiger partial charge in [-0.15, -0.1) is 0 Å². The Hall–Kier alpha value is -2.78. The molecule has 0 saturated heterocycles. The number of carbonyl (C=O) groups excluding carboxylic acids is 1. The van der Waals surface area contributed by atoms with Gasteiger partial charge >= 0.3 is 0 Å². The molecule has 148 valence electrons. The predicted molar refractivity (Wildman–Crippen MR) is 121 cm³/mol. The second kappa shape index (κ2) is 8.30. The van der Waals surface area contributed by atoms with Crippen LogP contribution in [0.1, 0.15) is 42.2 Å². The SMILES string of the molecule is CCC1[C@@H](C)C(Nc2ccccc2)c2ccccc2N1C(=O)c1ccc(Cl)cc1. The molecular weight excluding hydrogens is 380 g/mol. The highest BCUT2D eigenvalue weighted by Gasteiger charge is 2.40. The fraction of sp³-hybridized carbons (Fsp3) is 0.240. The van der Waals surface area contributed by atoms with Crippen molar-refractivity contribution < 1.29 is 4.79 Å². The van der Waals surface area contributed by atoms with Crippen molar-refractivity contribution in [1.29, 1.82) is 0 Å². The molecular formula is C25H25ClN2O. The molecule has 0 aliphatic carbocycles. The lowest BCUT2D eigenvalue weighted by Gasteiger charge is -2.45. The van der Waals surface area contributed by atoms with Gasteiger partial charge in [0.15, 0.2) is 0 Å². The largest absolute Gasteiger partial charge is 0.378 e. The lowest BCUT2D eigenvalue weighted by atomic mass is 9.80. The highest BCUT2D eigenvalue weighted by atomic mass is 35.5. The van der Waals surface area contributed by atoms with Crippen LogP contribution in [0.15, 0.2) is 78.9 Å². The van der Waals surface area contributed by atoms with Crippen LogP contribution in [-0.2, 0) is 0 Å². The summed E-state index contributed by atoms with van der Waals surface area (Å²) in [6.45, 7) is 4.38. The van der Waals surface area contributed by atoms with E-state index in [1.807, 2.05) is 35.2 Å². The minimum absolute atomic E-state index is 0.0194. The number of nitrogens with one attached hydrogen (secondary N) is 1. The van der Waals surface area contributed by atoms with E-state index >= 15 is 0 Å². The summed E-state index contributed by atoms with van der Waals surface area (Å²) in [7, 11) is 0. The molecule has 0 radical (unpaired) electrons. The molecule has 1 aliphatic rings. The molecule has 3 atom stereocenters. The number of nitrogens with zero attached hydrogens (tertiary/aromatic N) is 1. The molecule has 29 heavy (non-hydrogen) atoms. The molecule has 1 amide bonds. The summed E-state index contributed by atoms with van der Waals surface area (Å²) >= 11 is 6.03. The molecule has 1 N–H and O–H groups in total. The van der Waals surface area contributed by atoms with Crippen LogP contribution in [0.25, 0.3) is 0 Å². The Bertz CT molecular complexity index is 987. The number of rotatable bonds is 4. The van der Waals surface area contributed by atoms with Gasteiger partial charge in [0.05, 0.1) is 6.04 Å². The van der Waals surface area contributed by atoms with Gasteiger partial charge in [-0.1, -0.05) is 61.8 Å². The highest BCUT2D eigenvalue weighted by Crippen LogP contribution is 2.43. The van der Waals surface area contributed by atoms with E-state index in [9.17, 15) is 4.79 Å². The lowest BCUT2D eigenvalue weighted by molar-refractivity contribution is 0.0960. The molecule has 3 aromatic carbocycles. The first kappa shape index (κ1) is 19.5. The van der Waals surface area contributed by atoms with Crippen LogP contribution in [0.2, 0.25) is 5.02 Å². The van der Waals surface area contributed by atoms with E-state index in [0.717, 1.165) is 23.4 Å². The van der Waals surface area contributed by atoms with Crippen molar-refractivity contribution in [2.75, 3.05) is 10.2 Å². The van der Waals surface area contributed by atoms with Crippen LogP contribution in [0.5, 0.6) is 0 Å². The number of para-hydroxylation sites is 2. The number of halogens is 1. The molecule has 4 rings (SSSR count). The third kappa shape index (κ3) is 3.75. The average molecular weight is 405 g/mol. The first-order chi connectivity index (χ1) is 14.1. The minimum atomic E-state index is 0.0194. The summed E-state index contributed by atoms with van der Waals surface area (Å²) in [4.78, 5) is 15.5. The maximum absolute atomic E-state index is 13.5. The number of benzene rings is 3. The van der Waals surface area contributed by atoms with Crippen molar-refractivity contribution >= 4 is 28.9 Å². The van der Waals surface area contributed by atoms with Crippen molar-refractivity contribution in [3.05, 3.63) is 95.0 Å². The Balaban J connectivity index is 1.76. The van der Waals surface area contributed by atoms with E-state index in [1.54, 1.807) is 24.3 Å². The van der Waals surface area contributed by atoms with Crippen LogP contribution < -0.4 is 10.2 Å². The van der Waals surface area contributed by atoms with E-state index in [1.165, 1.54) is 0 Å². The average Bonchev–Trinajstić information content (AvgIpc) is 2.76. The summed E-state index contributed by atoms with van der Waals surface area (Å²) in [5.74, 6) is 0.261. The molecule has 0 fully saturated rings. The Morgan fingerprint density at radius 1 is 0.966 bits per heavy atom. The van der Waals surface area contributed by atoms with Gasteiger partial charge in [0.1, 0.15) is 0 Å². The number of hydrogen-bond donors (Lipinski definition) is 1. The first-order valence-electron chi connectivity index (χ1n) is 10.1. The van der Waals surface area contributed by atoms with Gasteiger partial charge in [0.25, 0.3) is 5.91 Å². The summed E-state index contributed by atoms with van der Waals surface area (Å²) in [6, 6.07) is 25.9. The molecule has 0 saturated carbocycles. The van der Waals surface area contributed by atoms with Gasteiger partial charge in [0, 0.05) is 33.9 Å². The monoisotopic (exact) mass is 404 g/mol. The third-order valence-electron chi connectivity index (χ3n) is 5.82. The molecule has 3 nitrogen and oxygen atoms in total. The Morgan fingerprint density at radius 3 is 2.31 bits per heavy atom. The minimum Gasteiger partial charge on any atom is -0.378 e. The number of fused-ring (bicyclic) bond motifs is 1. The zero-order valence-corrected chi connectivity index (χ0v) is 17.4. The molecule has 3 aromatic rings. The van der Waals surface area contributed by atoms with E-state index in [2.05, 4.69) is 43.4 Å². The molecule has 1 aliphatic heterocycles. The standard InChI is InChI=1S/C25H25ClN2O/c1-3-22-17(2)24(27-20-9-5-4-6-10-20)21-11-7-8-12-23(21)28(22)25(29)18-13-15-19(26)16-14-18/h4-17,22,24,27H,3H2,1-2H3/t17-,22?,24?/m1/s1. The quantitative estimate of drug-likeness (QED) is 0.533. The topological polar surface area (TPSA) is 32.3 Å². The third-order valence-corrected chi connectivity index (χ3v) is 6.07. The van der Waals surface area contributed by atoms with Crippen molar-refractivity contribution in [2.45, 2.75) is 32.4 Å². The Morgan fingerprint density at radius 2 is 1.62 bits per heavy atom. The van der Waals surface area contributed by atoms with Crippen LogP contribution >= 0.6 is 11.6 Å². The summed E-state index contributed by atoms with van der Waals surface area (Å²) in [5, 5.41) is 4.33. The van der Waals surface area contributed by atoms with Gasteiger partial charge in [0.2, 0.25) is 0 Å². The first-order valence-corrected chi connectivity index (χ1v) is 10.5. The van der Waals surface area contributed by atoms with Gasteiger partial charge in [-0.25, -0.2) is 0 Å². The van der Waals surface area contributed by atoms with Crippen molar-refractivity contribution in [3.63, 3.8) is 0 Å². The van der Waals surface area contributed by atoms with E-state index in [4.69, 9.17) is 11.6 Å². The van der Waals surface area contributed by atoms with Crippen LogP contribution in [0.3, 0.4) is 0 Å².